The highest BCUT2D eigenvalue weighted by molar-refractivity contribution is 5.87. The maximum atomic E-state index is 10.4. The molecule has 0 amide bonds. The Bertz CT molecular complexity index is 632. The van der Waals surface area contributed by atoms with Gasteiger partial charge in [-0.25, -0.2) is 0 Å². The molecule has 0 radical (unpaired) electrons. The number of hydrogen-bond donors (Lipinski definition) is 2. The summed E-state index contributed by atoms with van der Waals surface area (Å²) in [5.74, 6) is 1.35. The van der Waals surface area contributed by atoms with Crippen LogP contribution >= 0.6 is 0 Å². The Labute approximate surface area is 125 Å². The smallest absolute Gasteiger partial charge is 0.123 e. The van der Waals surface area contributed by atoms with Gasteiger partial charge in [0.2, 0.25) is 0 Å². The molecule has 0 spiro atoms. The fourth-order valence-electron chi connectivity index (χ4n) is 2.98. The van der Waals surface area contributed by atoms with E-state index in [0.29, 0.717) is 19.0 Å². The molecule has 3 nitrogen and oxygen atoms in total. The van der Waals surface area contributed by atoms with E-state index in [0.717, 1.165) is 24.2 Å². The molecule has 1 fully saturated rings. The van der Waals surface area contributed by atoms with E-state index in [1.807, 2.05) is 25.1 Å². The van der Waals surface area contributed by atoms with E-state index < -0.39 is 5.60 Å². The molecule has 2 aromatic rings. The molecule has 1 atom stereocenters. The van der Waals surface area contributed by atoms with Crippen molar-refractivity contribution in [2.75, 3.05) is 13.7 Å². The second-order valence-electron chi connectivity index (χ2n) is 6.20. The Morgan fingerprint density at radius 2 is 2.00 bits per heavy atom. The summed E-state index contributed by atoms with van der Waals surface area (Å²) in [5.41, 5.74) is 0.555. The third-order valence-corrected chi connectivity index (χ3v) is 4.46. The topological polar surface area (TPSA) is 41.5 Å². The van der Waals surface area contributed by atoms with Crippen LogP contribution < -0.4 is 10.1 Å². The van der Waals surface area contributed by atoms with Gasteiger partial charge in [0.15, 0.2) is 0 Å². The van der Waals surface area contributed by atoms with Crippen molar-refractivity contribution in [3.63, 3.8) is 0 Å². The molecular formula is C18H23NO2. The highest BCUT2D eigenvalue weighted by atomic mass is 16.5. The first-order chi connectivity index (χ1) is 10.1. The third kappa shape index (κ3) is 3.04. The van der Waals surface area contributed by atoms with Gasteiger partial charge in [-0.15, -0.1) is 0 Å². The first-order valence-electron chi connectivity index (χ1n) is 7.59. The maximum absolute atomic E-state index is 10.4. The van der Waals surface area contributed by atoms with Crippen molar-refractivity contribution in [2.45, 2.75) is 31.9 Å². The minimum Gasteiger partial charge on any atom is -0.496 e. The molecule has 3 rings (SSSR count). The van der Waals surface area contributed by atoms with E-state index in [1.54, 1.807) is 7.11 Å². The summed E-state index contributed by atoms with van der Waals surface area (Å²) in [7, 11) is 1.70. The monoisotopic (exact) mass is 285 g/mol. The summed E-state index contributed by atoms with van der Waals surface area (Å²) in [5, 5.41) is 16.2. The molecule has 3 heteroatoms. The Kier molecular flexibility index (Phi) is 3.87. The van der Waals surface area contributed by atoms with Gasteiger partial charge in [-0.3, -0.25) is 0 Å². The van der Waals surface area contributed by atoms with Crippen molar-refractivity contribution < 1.29 is 9.84 Å². The van der Waals surface area contributed by atoms with Gasteiger partial charge in [-0.1, -0.05) is 30.3 Å². The minimum absolute atomic E-state index is 0.458. The van der Waals surface area contributed by atoms with E-state index in [1.165, 1.54) is 10.8 Å². The van der Waals surface area contributed by atoms with E-state index in [4.69, 9.17) is 4.74 Å². The van der Waals surface area contributed by atoms with Crippen molar-refractivity contribution in [1.29, 1.82) is 0 Å². The third-order valence-electron chi connectivity index (χ3n) is 4.46. The fraction of sp³-hybridized carbons (Fsp3) is 0.444. The van der Waals surface area contributed by atoms with Crippen molar-refractivity contribution >= 4 is 10.8 Å². The lowest BCUT2D eigenvalue weighted by Gasteiger charge is -2.24. The van der Waals surface area contributed by atoms with Gasteiger partial charge < -0.3 is 15.2 Å². The van der Waals surface area contributed by atoms with Crippen LogP contribution in [0.3, 0.4) is 0 Å². The van der Waals surface area contributed by atoms with Crippen LogP contribution in [-0.2, 0) is 6.54 Å². The van der Waals surface area contributed by atoms with E-state index >= 15 is 0 Å². The van der Waals surface area contributed by atoms with Crippen LogP contribution in [0.15, 0.2) is 36.4 Å². The molecule has 1 aliphatic carbocycles. The number of rotatable bonds is 6. The second-order valence-corrected chi connectivity index (χ2v) is 6.20. The maximum Gasteiger partial charge on any atom is 0.123 e. The van der Waals surface area contributed by atoms with Crippen LogP contribution in [0.1, 0.15) is 25.3 Å². The van der Waals surface area contributed by atoms with Gasteiger partial charge in [-0.05, 0) is 42.5 Å². The summed E-state index contributed by atoms with van der Waals surface area (Å²) in [4.78, 5) is 0. The number of aliphatic hydroxyl groups is 1. The summed E-state index contributed by atoms with van der Waals surface area (Å²) < 4.78 is 5.49. The van der Waals surface area contributed by atoms with Gasteiger partial charge in [0.25, 0.3) is 0 Å². The van der Waals surface area contributed by atoms with Crippen LogP contribution in [0.25, 0.3) is 10.8 Å². The largest absolute Gasteiger partial charge is 0.496 e. The molecule has 1 saturated carbocycles. The lowest BCUT2D eigenvalue weighted by molar-refractivity contribution is 0.0367. The zero-order valence-electron chi connectivity index (χ0n) is 12.7. The van der Waals surface area contributed by atoms with Crippen LogP contribution in [0.4, 0.5) is 0 Å². The predicted octanol–water partition coefficient (Wildman–Crippen LogP) is 3.10. The molecule has 1 aliphatic rings. The number of fused-ring (bicyclic) bond motifs is 1. The van der Waals surface area contributed by atoms with E-state index in [2.05, 4.69) is 23.5 Å². The highest BCUT2D eigenvalue weighted by Crippen LogP contribution is 2.39. The van der Waals surface area contributed by atoms with Crippen LogP contribution in [-0.4, -0.2) is 24.4 Å². The van der Waals surface area contributed by atoms with E-state index in [-0.39, 0.29) is 0 Å². The SMILES string of the molecule is COc1ccc2ccccc2c1CNCC(C)(O)C1CC1. The average Bonchev–Trinajstić information content (AvgIpc) is 3.32. The van der Waals surface area contributed by atoms with Crippen molar-refractivity contribution in [2.24, 2.45) is 5.92 Å². The van der Waals surface area contributed by atoms with Gasteiger partial charge >= 0.3 is 0 Å². The zero-order valence-corrected chi connectivity index (χ0v) is 12.7. The Balaban J connectivity index is 1.78. The molecule has 2 aromatic carbocycles. The van der Waals surface area contributed by atoms with Crippen LogP contribution in [0.5, 0.6) is 5.75 Å². The van der Waals surface area contributed by atoms with Gasteiger partial charge in [0, 0.05) is 18.7 Å². The number of hydrogen-bond acceptors (Lipinski definition) is 3. The summed E-state index contributed by atoms with van der Waals surface area (Å²) in [6, 6.07) is 12.4. The summed E-state index contributed by atoms with van der Waals surface area (Å²) >= 11 is 0. The Morgan fingerprint density at radius 3 is 2.71 bits per heavy atom. The minimum atomic E-state index is -0.599. The van der Waals surface area contributed by atoms with E-state index in [9.17, 15) is 5.11 Å². The molecule has 0 aliphatic heterocycles. The van der Waals surface area contributed by atoms with Crippen molar-refractivity contribution in [1.82, 2.24) is 5.32 Å². The number of methoxy groups -OCH3 is 1. The lowest BCUT2D eigenvalue weighted by atomic mass is 10.00. The van der Waals surface area contributed by atoms with Gasteiger partial charge in [0.05, 0.1) is 12.7 Å². The van der Waals surface area contributed by atoms with Gasteiger partial charge in [-0.2, -0.15) is 0 Å². The van der Waals surface area contributed by atoms with Crippen molar-refractivity contribution in [3.05, 3.63) is 42.0 Å². The first kappa shape index (κ1) is 14.4. The molecule has 21 heavy (non-hydrogen) atoms. The average molecular weight is 285 g/mol. The highest BCUT2D eigenvalue weighted by Gasteiger charge is 2.39. The standard InChI is InChI=1S/C18H23NO2/c1-18(20,14-8-9-14)12-19-11-16-15-6-4-3-5-13(15)7-10-17(16)21-2/h3-7,10,14,19-20H,8-9,11-12H2,1-2H3. The molecule has 112 valence electrons. The summed E-state index contributed by atoms with van der Waals surface area (Å²) in [6.07, 6.45) is 2.29. The second kappa shape index (κ2) is 5.66. The Hall–Kier alpha value is -1.58. The molecule has 0 saturated heterocycles. The molecular weight excluding hydrogens is 262 g/mol. The first-order valence-corrected chi connectivity index (χ1v) is 7.59. The molecule has 0 bridgehead atoms. The molecule has 2 N–H and O–H groups in total. The van der Waals surface area contributed by atoms with Crippen molar-refractivity contribution in [3.8, 4) is 5.75 Å². The lowest BCUT2D eigenvalue weighted by Crippen LogP contribution is -2.39. The van der Waals surface area contributed by atoms with Crippen LogP contribution in [0.2, 0.25) is 0 Å². The fourth-order valence-corrected chi connectivity index (χ4v) is 2.98. The summed E-state index contributed by atoms with van der Waals surface area (Å²) in [6.45, 7) is 3.25. The number of benzene rings is 2. The predicted molar refractivity (Wildman–Crippen MR) is 85.6 cm³/mol. The van der Waals surface area contributed by atoms with Crippen LogP contribution in [0, 0.1) is 5.92 Å². The molecule has 0 aromatic heterocycles. The Morgan fingerprint density at radius 1 is 1.24 bits per heavy atom. The number of nitrogens with one attached hydrogen (secondary N) is 1. The van der Waals surface area contributed by atoms with Gasteiger partial charge in [0.1, 0.15) is 5.75 Å². The molecule has 0 heterocycles. The quantitative estimate of drug-likeness (QED) is 0.857. The number of ether oxygens (including phenoxy) is 1. The molecule has 1 unspecified atom stereocenters. The normalized spacial score (nSPS) is 17.7. The zero-order chi connectivity index (χ0) is 14.9.